The van der Waals surface area contributed by atoms with Crippen molar-refractivity contribution < 1.29 is 9.47 Å². The molecule has 0 heterocycles. The molecule has 3 nitrogen and oxygen atoms in total. The molecule has 0 aliphatic carbocycles. The molecule has 1 aromatic carbocycles. The van der Waals surface area contributed by atoms with Gasteiger partial charge in [-0.15, -0.1) is 0 Å². The van der Waals surface area contributed by atoms with Gasteiger partial charge in [0.2, 0.25) is 0 Å². The molecule has 0 unspecified atom stereocenters. The van der Waals surface area contributed by atoms with Crippen molar-refractivity contribution >= 4 is 0 Å². The summed E-state index contributed by atoms with van der Waals surface area (Å²) in [7, 11) is 1.75. The van der Waals surface area contributed by atoms with Gasteiger partial charge in [0.05, 0.1) is 6.61 Å². The van der Waals surface area contributed by atoms with Gasteiger partial charge in [-0.3, -0.25) is 0 Å². The standard InChI is InChI=1S/C15H25NO2/c1-17-13-7-3-6-11-16-12-8-14-18-15-9-4-2-5-10-15/h2,4-5,9-10,16H,3,6-8,11-14H2,1H3. The Kier molecular flexibility index (Phi) is 9.21. The molecule has 0 atom stereocenters. The minimum absolute atomic E-state index is 0.778. The third kappa shape index (κ3) is 8.09. The summed E-state index contributed by atoms with van der Waals surface area (Å²) in [5.41, 5.74) is 0. The molecular weight excluding hydrogens is 226 g/mol. The van der Waals surface area contributed by atoms with Crippen LogP contribution in [0.2, 0.25) is 0 Å². The number of nitrogens with one attached hydrogen (secondary N) is 1. The lowest BCUT2D eigenvalue weighted by Crippen LogP contribution is -2.18. The second-order valence-corrected chi connectivity index (χ2v) is 4.32. The van der Waals surface area contributed by atoms with Crippen molar-refractivity contribution in [1.29, 1.82) is 0 Å². The smallest absolute Gasteiger partial charge is 0.119 e. The Bertz CT molecular complexity index is 277. The van der Waals surface area contributed by atoms with Crippen molar-refractivity contribution in [2.24, 2.45) is 0 Å². The van der Waals surface area contributed by atoms with Gasteiger partial charge < -0.3 is 14.8 Å². The van der Waals surface area contributed by atoms with Crippen LogP contribution in [0.15, 0.2) is 30.3 Å². The monoisotopic (exact) mass is 251 g/mol. The van der Waals surface area contributed by atoms with E-state index in [0.717, 1.165) is 44.9 Å². The van der Waals surface area contributed by atoms with E-state index in [0.29, 0.717) is 0 Å². The van der Waals surface area contributed by atoms with E-state index in [-0.39, 0.29) is 0 Å². The van der Waals surface area contributed by atoms with Crippen LogP contribution in [0.1, 0.15) is 25.7 Å². The minimum atomic E-state index is 0.778. The van der Waals surface area contributed by atoms with Crippen molar-refractivity contribution in [3.8, 4) is 5.75 Å². The Labute approximate surface area is 110 Å². The quantitative estimate of drug-likeness (QED) is 0.613. The fourth-order valence-electron chi connectivity index (χ4n) is 1.70. The Balaban J connectivity index is 1.82. The highest BCUT2D eigenvalue weighted by Crippen LogP contribution is 2.07. The fourth-order valence-corrected chi connectivity index (χ4v) is 1.70. The van der Waals surface area contributed by atoms with E-state index in [2.05, 4.69) is 5.32 Å². The van der Waals surface area contributed by atoms with Gasteiger partial charge in [0.1, 0.15) is 5.75 Å². The third-order valence-corrected chi connectivity index (χ3v) is 2.71. The van der Waals surface area contributed by atoms with Crippen molar-refractivity contribution in [2.45, 2.75) is 25.7 Å². The van der Waals surface area contributed by atoms with Crippen molar-refractivity contribution in [1.82, 2.24) is 5.32 Å². The van der Waals surface area contributed by atoms with Gasteiger partial charge >= 0.3 is 0 Å². The normalized spacial score (nSPS) is 10.5. The average molecular weight is 251 g/mol. The minimum Gasteiger partial charge on any atom is -0.494 e. The van der Waals surface area contributed by atoms with Crippen LogP contribution >= 0.6 is 0 Å². The second-order valence-electron chi connectivity index (χ2n) is 4.32. The Hall–Kier alpha value is -1.06. The molecule has 0 aromatic heterocycles. The SMILES string of the molecule is COCCCCCNCCCOc1ccccc1. The third-order valence-electron chi connectivity index (χ3n) is 2.71. The molecule has 1 N–H and O–H groups in total. The Morgan fingerprint density at radius 1 is 0.889 bits per heavy atom. The van der Waals surface area contributed by atoms with Crippen molar-refractivity contribution in [3.63, 3.8) is 0 Å². The van der Waals surface area contributed by atoms with E-state index in [1.54, 1.807) is 7.11 Å². The van der Waals surface area contributed by atoms with Crippen LogP contribution in [0.3, 0.4) is 0 Å². The highest BCUT2D eigenvalue weighted by molar-refractivity contribution is 5.20. The van der Waals surface area contributed by atoms with Crippen LogP contribution in [-0.2, 0) is 4.74 Å². The first-order chi connectivity index (χ1) is 8.93. The molecule has 102 valence electrons. The number of rotatable bonds is 11. The zero-order valence-electron chi connectivity index (χ0n) is 11.4. The number of hydrogen-bond donors (Lipinski definition) is 1. The lowest BCUT2D eigenvalue weighted by atomic mass is 10.2. The molecule has 0 radical (unpaired) electrons. The van der Waals surface area contributed by atoms with Crippen LogP contribution in [0.4, 0.5) is 0 Å². The maximum absolute atomic E-state index is 5.61. The Morgan fingerprint density at radius 2 is 1.67 bits per heavy atom. The van der Waals surface area contributed by atoms with Crippen LogP contribution < -0.4 is 10.1 Å². The van der Waals surface area contributed by atoms with E-state index < -0.39 is 0 Å². The van der Waals surface area contributed by atoms with Crippen LogP contribution in [0.5, 0.6) is 5.75 Å². The molecule has 3 heteroatoms. The molecular formula is C15H25NO2. The average Bonchev–Trinajstić information content (AvgIpc) is 2.42. The van der Waals surface area contributed by atoms with Crippen molar-refractivity contribution in [2.75, 3.05) is 33.4 Å². The second kappa shape index (κ2) is 11.1. The Morgan fingerprint density at radius 3 is 2.44 bits per heavy atom. The number of ether oxygens (including phenoxy) is 2. The summed E-state index contributed by atoms with van der Waals surface area (Å²) in [6.45, 7) is 3.78. The molecule has 0 bridgehead atoms. The first kappa shape index (κ1) is 15.0. The molecule has 0 aliphatic heterocycles. The first-order valence-corrected chi connectivity index (χ1v) is 6.81. The van der Waals surface area contributed by atoms with Gasteiger partial charge in [0.25, 0.3) is 0 Å². The fraction of sp³-hybridized carbons (Fsp3) is 0.600. The number of benzene rings is 1. The molecule has 0 spiro atoms. The topological polar surface area (TPSA) is 30.5 Å². The highest BCUT2D eigenvalue weighted by Gasteiger charge is 1.92. The van der Waals surface area contributed by atoms with Gasteiger partial charge in [0, 0.05) is 13.7 Å². The van der Waals surface area contributed by atoms with E-state index in [4.69, 9.17) is 9.47 Å². The van der Waals surface area contributed by atoms with E-state index in [9.17, 15) is 0 Å². The lowest BCUT2D eigenvalue weighted by Gasteiger charge is -2.07. The molecule has 0 amide bonds. The summed E-state index contributed by atoms with van der Waals surface area (Å²) in [5, 5.41) is 3.43. The maximum atomic E-state index is 5.61. The molecule has 18 heavy (non-hydrogen) atoms. The maximum Gasteiger partial charge on any atom is 0.119 e. The van der Waals surface area contributed by atoms with E-state index >= 15 is 0 Å². The molecule has 0 saturated heterocycles. The molecule has 1 aromatic rings. The summed E-state index contributed by atoms with van der Waals surface area (Å²) in [5.74, 6) is 0.956. The molecule has 0 saturated carbocycles. The zero-order valence-corrected chi connectivity index (χ0v) is 11.4. The van der Waals surface area contributed by atoms with E-state index in [1.165, 1.54) is 12.8 Å². The summed E-state index contributed by atoms with van der Waals surface area (Å²) < 4.78 is 10.6. The van der Waals surface area contributed by atoms with Gasteiger partial charge in [0.15, 0.2) is 0 Å². The predicted molar refractivity (Wildman–Crippen MR) is 75.2 cm³/mol. The van der Waals surface area contributed by atoms with Crippen LogP contribution in [0, 0.1) is 0 Å². The highest BCUT2D eigenvalue weighted by atomic mass is 16.5. The summed E-state index contributed by atoms with van der Waals surface area (Å²) in [4.78, 5) is 0. The largest absolute Gasteiger partial charge is 0.494 e. The molecule has 0 aliphatic rings. The van der Waals surface area contributed by atoms with Crippen molar-refractivity contribution in [3.05, 3.63) is 30.3 Å². The summed E-state index contributed by atoms with van der Waals surface area (Å²) in [6.07, 6.45) is 4.67. The van der Waals surface area contributed by atoms with E-state index in [1.807, 2.05) is 30.3 Å². The van der Waals surface area contributed by atoms with Gasteiger partial charge in [-0.2, -0.15) is 0 Å². The number of methoxy groups -OCH3 is 1. The summed E-state index contributed by atoms with van der Waals surface area (Å²) >= 11 is 0. The predicted octanol–water partition coefficient (Wildman–Crippen LogP) is 2.86. The molecule has 1 rings (SSSR count). The van der Waals surface area contributed by atoms with Crippen LogP contribution in [-0.4, -0.2) is 33.4 Å². The van der Waals surface area contributed by atoms with Gasteiger partial charge in [-0.1, -0.05) is 18.2 Å². The zero-order chi connectivity index (χ0) is 12.9. The van der Waals surface area contributed by atoms with Crippen LogP contribution in [0.25, 0.3) is 0 Å². The van der Waals surface area contributed by atoms with Gasteiger partial charge in [-0.25, -0.2) is 0 Å². The number of para-hydroxylation sites is 1. The number of unbranched alkanes of at least 4 members (excludes halogenated alkanes) is 2. The number of hydrogen-bond acceptors (Lipinski definition) is 3. The first-order valence-electron chi connectivity index (χ1n) is 6.81. The summed E-state index contributed by atoms with van der Waals surface area (Å²) in [6, 6.07) is 9.96. The lowest BCUT2D eigenvalue weighted by molar-refractivity contribution is 0.192. The van der Waals surface area contributed by atoms with Gasteiger partial charge in [-0.05, 0) is 50.9 Å². The molecule has 0 fully saturated rings.